The molecule has 0 saturated carbocycles. The van der Waals surface area contributed by atoms with Crippen LogP contribution < -0.4 is 10.1 Å². The summed E-state index contributed by atoms with van der Waals surface area (Å²) in [4.78, 5) is 0. The predicted molar refractivity (Wildman–Crippen MR) is 89.7 cm³/mol. The second kappa shape index (κ2) is 7.59. The highest BCUT2D eigenvalue weighted by molar-refractivity contribution is 5.33. The number of hydrogen-bond acceptors (Lipinski definition) is 4. The van der Waals surface area contributed by atoms with Crippen molar-refractivity contribution >= 4 is 0 Å². The van der Waals surface area contributed by atoms with Gasteiger partial charge in [0.05, 0.1) is 5.60 Å². The van der Waals surface area contributed by atoms with E-state index in [0.29, 0.717) is 39.1 Å². The van der Waals surface area contributed by atoms with Crippen molar-refractivity contribution in [1.29, 1.82) is 0 Å². The molecule has 1 aliphatic rings. The minimum Gasteiger partial charge on any atom is -0.457 e. The Kier molecular flexibility index (Phi) is 5.28. The Hall–Kier alpha value is -1.88. The molecule has 4 heteroatoms. The van der Waals surface area contributed by atoms with Crippen LogP contribution in [0.2, 0.25) is 0 Å². The lowest BCUT2D eigenvalue weighted by atomic mass is 9.94. The summed E-state index contributed by atoms with van der Waals surface area (Å²) in [6.07, 6.45) is 1.38. The van der Waals surface area contributed by atoms with Crippen molar-refractivity contribution in [2.45, 2.75) is 25.0 Å². The highest BCUT2D eigenvalue weighted by atomic mass is 16.5. The third-order valence-corrected chi connectivity index (χ3v) is 4.08. The zero-order valence-electron chi connectivity index (χ0n) is 13.2. The summed E-state index contributed by atoms with van der Waals surface area (Å²) >= 11 is 0. The zero-order chi connectivity index (χ0) is 16.0. The average Bonchev–Trinajstić information content (AvgIpc) is 2.57. The van der Waals surface area contributed by atoms with E-state index in [2.05, 4.69) is 11.4 Å². The molecule has 1 heterocycles. The molecule has 4 nitrogen and oxygen atoms in total. The Morgan fingerprint density at radius 3 is 2.52 bits per heavy atom. The van der Waals surface area contributed by atoms with Gasteiger partial charge in [-0.1, -0.05) is 30.3 Å². The number of hydrogen-bond donors (Lipinski definition) is 2. The second-order valence-corrected chi connectivity index (χ2v) is 6.00. The summed E-state index contributed by atoms with van der Waals surface area (Å²) in [7, 11) is 0. The number of aliphatic hydroxyl groups is 1. The lowest BCUT2D eigenvalue weighted by molar-refractivity contribution is -0.0617. The molecule has 1 aliphatic heterocycles. The smallest absolute Gasteiger partial charge is 0.127 e. The minimum atomic E-state index is -0.642. The van der Waals surface area contributed by atoms with E-state index in [1.807, 2.05) is 48.5 Å². The van der Waals surface area contributed by atoms with E-state index < -0.39 is 5.60 Å². The Bertz CT molecular complexity index is 609. The van der Waals surface area contributed by atoms with Crippen LogP contribution in [0.4, 0.5) is 0 Å². The topological polar surface area (TPSA) is 50.7 Å². The van der Waals surface area contributed by atoms with Crippen molar-refractivity contribution in [3.05, 3.63) is 60.2 Å². The second-order valence-electron chi connectivity index (χ2n) is 6.00. The van der Waals surface area contributed by atoms with Crippen LogP contribution >= 0.6 is 0 Å². The Labute approximate surface area is 137 Å². The first-order valence-electron chi connectivity index (χ1n) is 8.06. The number of benzene rings is 2. The van der Waals surface area contributed by atoms with Gasteiger partial charge in [0.1, 0.15) is 11.5 Å². The monoisotopic (exact) mass is 313 g/mol. The number of para-hydroxylation sites is 1. The van der Waals surface area contributed by atoms with Crippen LogP contribution in [0, 0.1) is 0 Å². The van der Waals surface area contributed by atoms with Crippen LogP contribution in [0.3, 0.4) is 0 Å². The molecular formula is C19H23NO3. The maximum Gasteiger partial charge on any atom is 0.127 e. The SMILES string of the molecule is OC1(CNCc2cccc(Oc3ccccc3)c2)CCOCC1. The molecule has 0 radical (unpaired) electrons. The van der Waals surface area contributed by atoms with Crippen LogP contribution in [-0.2, 0) is 11.3 Å². The van der Waals surface area contributed by atoms with E-state index in [1.54, 1.807) is 0 Å². The molecule has 2 N–H and O–H groups in total. The van der Waals surface area contributed by atoms with Crippen molar-refractivity contribution in [2.75, 3.05) is 19.8 Å². The molecule has 0 bridgehead atoms. The standard InChI is InChI=1S/C19H23NO3/c21-19(9-11-22-12-10-19)15-20-14-16-5-4-8-18(13-16)23-17-6-2-1-3-7-17/h1-8,13,20-21H,9-12,14-15H2. The van der Waals surface area contributed by atoms with Crippen molar-refractivity contribution in [1.82, 2.24) is 5.32 Å². The van der Waals surface area contributed by atoms with Gasteiger partial charge in [-0.15, -0.1) is 0 Å². The molecule has 0 spiro atoms. The average molecular weight is 313 g/mol. The normalized spacial score (nSPS) is 16.9. The summed E-state index contributed by atoms with van der Waals surface area (Å²) in [6.45, 7) is 2.56. The first kappa shape index (κ1) is 16.0. The number of nitrogens with one attached hydrogen (secondary N) is 1. The van der Waals surface area contributed by atoms with Gasteiger partial charge in [0.25, 0.3) is 0 Å². The third-order valence-electron chi connectivity index (χ3n) is 4.08. The molecule has 0 atom stereocenters. The van der Waals surface area contributed by atoms with E-state index >= 15 is 0 Å². The molecule has 2 aromatic carbocycles. The predicted octanol–water partition coefficient (Wildman–Crippen LogP) is 3.11. The molecule has 0 aliphatic carbocycles. The van der Waals surface area contributed by atoms with Crippen LogP contribution in [0.5, 0.6) is 11.5 Å². The zero-order valence-corrected chi connectivity index (χ0v) is 13.2. The van der Waals surface area contributed by atoms with Gasteiger partial charge < -0.3 is 19.9 Å². The highest BCUT2D eigenvalue weighted by Crippen LogP contribution is 2.22. The van der Waals surface area contributed by atoms with E-state index in [-0.39, 0.29) is 0 Å². The van der Waals surface area contributed by atoms with Crippen LogP contribution in [0.15, 0.2) is 54.6 Å². The molecule has 122 valence electrons. The molecule has 0 unspecified atom stereocenters. The van der Waals surface area contributed by atoms with Crippen LogP contribution in [0.25, 0.3) is 0 Å². The summed E-state index contributed by atoms with van der Waals surface area (Å²) in [5.74, 6) is 1.65. The Morgan fingerprint density at radius 2 is 1.74 bits per heavy atom. The summed E-state index contributed by atoms with van der Waals surface area (Å²) < 4.78 is 11.1. The molecule has 0 amide bonds. The van der Waals surface area contributed by atoms with Gasteiger partial charge in [-0.25, -0.2) is 0 Å². The van der Waals surface area contributed by atoms with Gasteiger partial charge >= 0.3 is 0 Å². The molecule has 1 fully saturated rings. The molecule has 3 rings (SSSR count). The number of ether oxygens (including phenoxy) is 2. The fourth-order valence-electron chi connectivity index (χ4n) is 2.71. The lowest BCUT2D eigenvalue weighted by Crippen LogP contribution is -2.44. The maximum absolute atomic E-state index is 10.4. The maximum atomic E-state index is 10.4. The van der Waals surface area contributed by atoms with Crippen molar-refractivity contribution < 1.29 is 14.6 Å². The third kappa shape index (κ3) is 4.79. The lowest BCUT2D eigenvalue weighted by Gasteiger charge is -2.32. The molecule has 0 aromatic heterocycles. The van der Waals surface area contributed by atoms with E-state index in [9.17, 15) is 5.11 Å². The van der Waals surface area contributed by atoms with Gasteiger partial charge in [0.2, 0.25) is 0 Å². The van der Waals surface area contributed by atoms with Crippen molar-refractivity contribution in [3.8, 4) is 11.5 Å². The Morgan fingerprint density at radius 1 is 1.00 bits per heavy atom. The summed E-state index contributed by atoms with van der Waals surface area (Å²) in [6, 6.07) is 17.8. The first-order chi connectivity index (χ1) is 11.2. The minimum absolute atomic E-state index is 0.583. The fraction of sp³-hybridized carbons (Fsp3) is 0.368. The molecule has 23 heavy (non-hydrogen) atoms. The molecular weight excluding hydrogens is 290 g/mol. The van der Waals surface area contributed by atoms with Gasteiger partial charge in [-0.3, -0.25) is 0 Å². The number of rotatable bonds is 6. The van der Waals surface area contributed by atoms with E-state index in [0.717, 1.165) is 17.1 Å². The van der Waals surface area contributed by atoms with Gasteiger partial charge in [-0.2, -0.15) is 0 Å². The summed E-state index contributed by atoms with van der Waals surface area (Å²) in [5, 5.41) is 13.8. The van der Waals surface area contributed by atoms with Crippen LogP contribution in [0.1, 0.15) is 18.4 Å². The van der Waals surface area contributed by atoms with Crippen molar-refractivity contribution in [2.24, 2.45) is 0 Å². The van der Waals surface area contributed by atoms with Gasteiger partial charge in [0.15, 0.2) is 0 Å². The fourth-order valence-corrected chi connectivity index (χ4v) is 2.71. The van der Waals surface area contributed by atoms with E-state index in [1.165, 1.54) is 0 Å². The quantitative estimate of drug-likeness (QED) is 0.860. The van der Waals surface area contributed by atoms with Gasteiger partial charge in [-0.05, 0) is 29.8 Å². The van der Waals surface area contributed by atoms with Crippen LogP contribution in [-0.4, -0.2) is 30.5 Å². The molecule has 2 aromatic rings. The summed E-state index contributed by atoms with van der Waals surface area (Å²) in [5.41, 5.74) is 0.491. The first-order valence-corrected chi connectivity index (χ1v) is 8.06. The Balaban J connectivity index is 1.53. The molecule has 1 saturated heterocycles. The van der Waals surface area contributed by atoms with Crippen molar-refractivity contribution in [3.63, 3.8) is 0 Å². The largest absolute Gasteiger partial charge is 0.457 e. The van der Waals surface area contributed by atoms with E-state index in [4.69, 9.17) is 9.47 Å². The highest BCUT2D eigenvalue weighted by Gasteiger charge is 2.28. The van der Waals surface area contributed by atoms with Gasteiger partial charge in [0, 0.05) is 39.1 Å².